The maximum Gasteiger partial charge on any atom is 0.318 e. The number of likely N-dealkylation sites (N-methyl/N-ethyl adjacent to an activating group) is 1. The van der Waals surface area contributed by atoms with Gasteiger partial charge in [-0.25, -0.2) is 4.39 Å². The van der Waals surface area contributed by atoms with Crippen molar-refractivity contribution in [3.63, 3.8) is 0 Å². The number of nitrogens with zero attached hydrogens (tertiary/aromatic N) is 5. The molecule has 2 saturated heterocycles. The van der Waals surface area contributed by atoms with Crippen molar-refractivity contribution in [1.82, 2.24) is 25.1 Å². The fourth-order valence-corrected chi connectivity index (χ4v) is 7.68. The predicted molar refractivity (Wildman–Crippen MR) is 177 cm³/mol. The molecule has 11 heteroatoms. The summed E-state index contributed by atoms with van der Waals surface area (Å²) in [5.41, 5.74) is 3.01. The van der Waals surface area contributed by atoms with Crippen molar-refractivity contribution >= 4 is 34.1 Å². The van der Waals surface area contributed by atoms with Crippen LogP contribution in [0.15, 0.2) is 48.8 Å². The number of likely N-dealkylation sites (tertiary alicyclic amines) is 1. The van der Waals surface area contributed by atoms with Crippen LogP contribution in [0.3, 0.4) is 0 Å². The number of piperazine rings is 1. The Balaban J connectivity index is 1.19. The Morgan fingerprint density at radius 2 is 1.93 bits per heavy atom. The molecule has 7 rings (SSSR count). The van der Waals surface area contributed by atoms with Gasteiger partial charge in [0.2, 0.25) is 0 Å². The monoisotopic (exact) mass is 648 g/mol. The molecular weight excluding hydrogens is 607 g/mol. The van der Waals surface area contributed by atoms with Crippen molar-refractivity contribution in [1.29, 1.82) is 0 Å². The van der Waals surface area contributed by atoms with E-state index < -0.39 is 11.7 Å². The molecule has 1 unspecified atom stereocenters. The lowest BCUT2D eigenvalue weighted by Gasteiger charge is -2.42. The average Bonchev–Trinajstić information content (AvgIpc) is 3.64. The van der Waals surface area contributed by atoms with Crippen molar-refractivity contribution in [2.24, 2.45) is 5.41 Å². The number of fused-ring (bicyclic) bond motifs is 2. The van der Waals surface area contributed by atoms with Crippen molar-refractivity contribution in [2.45, 2.75) is 50.9 Å². The van der Waals surface area contributed by atoms with Crippen LogP contribution in [0.5, 0.6) is 6.01 Å². The van der Waals surface area contributed by atoms with E-state index in [2.05, 4.69) is 39.9 Å². The number of nitrogens with one attached hydrogen (secondary N) is 1. The summed E-state index contributed by atoms with van der Waals surface area (Å²) in [6.45, 7) is 9.37. The van der Waals surface area contributed by atoms with E-state index >= 15 is 0 Å². The number of carbonyl (C=O) groups is 1. The number of benzene rings is 2. The lowest BCUT2D eigenvalue weighted by molar-refractivity contribution is -0.131. The van der Waals surface area contributed by atoms with Gasteiger partial charge in [-0.1, -0.05) is 48.5 Å². The molecule has 1 aliphatic carbocycles. The standard InChI is InChI=1S/C35H42ClFN6O3/c1-23(37)33(44)43-16-15-42(19-25(43)18-38-2)32-27-20-45-30(26-9-5-7-24-8-6-10-28(36)31(24)26)17-29(27)39-34(40-32)46-22-35(11-12-35)21-41-13-3-4-14-41/h5-10,25,30,38H,1,3-4,11-22H2,2H3/t25-,30?/m0/s1. The Hall–Kier alpha value is -3.31. The minimum atomic E-state index is -0.944. The molecule has 3 aromatic rings. The average molecular weight is 649 g/mol. The molecular formula is C35H42ClFN6O3. The highest BCUT2D eigenvalue weighted by molar-refractivity contribution is 6.35. The van der Waals surface area contributed by atoms with E-state index in [-0.39, 0.29) is 17.6 Å². The van der Waals surface area contributed by atoms with Crippen LogP contribution in [0.25, 0.3) is 10.8 Å². The number of rotatable bonds is 10. The maximum atomic E-state index is 13.9. The molecule has 2 atom stereocenters. The first-order valence-electron chi connectivity index (χ1n) is 16.4. The van der Waals surface area contributed by atoms with Crippen molar-refractivity contribution in [2.75, 3.05) is 64.4 Å². The Morgan fingerprint density at radius 1 is 1.15 bits per heavy atom. The van der Waals surface area contributed by atoms with E-state index in [4.69, 9.17) is 31.0 Å². The predicted octanol–water partition coefficient (Wildman–Crippen LogP) is 5.07. The second-order valence-corrected chi connectivity index (χ2v) is 13.7. The number of amides is 1. The van der Waals surface area contributed by atoms with E-state index in [9.17, 15) is 9.18 Å². The topological polar surface area (TPSA) is 83.1 Å². The maximum absolute atomic E-state index is 13.9. The number of anilines is 1. The van der Waals surface area contributed by atoms with Crippen LogP contribution in [0, 0.1) is 5.41 Å². The first kappa shape index (κ1) is 31.3. The Bertz CT molecular complexity index is 1620. The van der Waals surface area contributed by atoms with E-state index in [0.717, 1.165) is 52.8 Å². The summed E-state index contributed by atoms with van der Waals surface area (Å²) in [6, 6.07) is 12.2. The van der Waals surface area contributed by atoms with Gasteiger partial charge in [-0.2, -0.15) is 9.97 Å². The fraction of sp³-hybridized carbons (Fsp3) is 0.514. The van der Waals surface area contributed by atoms with Crippen LogP contribution in [0.1, 0.15) is 48.6 Å². The van der Waals surface area contributed by atoms with Gasteiger partial charge in [0.05, 0.1) is 31.1 Å². The van der Waals surface area contributed by atoms with E-state index in [1.54, 1.807) is 4.90 Å². The molecule has 0 radical (unpaired) electrons. The summed E-state index contributed by atoms with van der Waals surface area (Å²) in [6.07, 6.45) is 5.16. The summed E-state index contributed by atoms with van der Waals surface area (Å²) in [7, 11) is 1.83. The van der Waals surface area contributed by atoms with Crippen molar-refractivity contribution in [3.05, 3.63) is 70.6 Å². The number of halogens is 2. The summed E-state index contributed by atoms with van der Waals surface area (Å²) in [5.74, 6) is -0.854. The SMILES string of the molecule is C=C(F)C(=O)N1CCN(c2nc(OCC3(CN4CCCC4)CC3)nc3c2COC(c2cccc4cccc(Cl)c24)C3)C[C@@H]1CNC. The molecule has 4 aliphatic rings. The minimum Gasteiger partial charge on any atom is -0.463 e. The van der Waals surface area contributed by atoms with E-state index in [1.807, 2.05) is 25.2 Å². The van der Waals surface area contributed by atoms with Crippen LogP contribution in [0.4, 0.5) is 10.2 Å². The number of carbonyl (C=O) groups excluding carboxylic acids is 1. The largest absolute Gasteiger partial charge is 0.463 e. The number of hydrogen-bond acceptors (Lipinski definition) is 8. The zero-order valence-corrected chi connectivity index (χ0v) is 27.2. The molecule has 1 aromatic heterocycles. The normalized spacial score (nSPS) is 22.6. The third-order valence-electron chi connectivity index (χ3n) is 10.0. The van der Waals surface area contributed by atoms with Gasteiger partial charge in [-0.05, 0) is 62.8 Å². The fourth-order valence-electron chi connectivity index (χ4n) is 7.39. The van der Waals surface area contributed by atoms with Gasteiger partial charge in [0, 0.05) is 60.5 Å². The number of aromatic nitrogens is 2. The van der Waals surface area contributed by atoms with Gasteiger partial charge in [0.15, 0.2) is 5.83 Å². The molecule has 0 bridgehead atoms. The lowest BCUT2D eigenvalue weighted by Crippen LogP contribution is -2.58. The van der Waals surface area contributed by atoms with Gasteiger partial charge >= 0.3 is 6.01 Å². The van der Waals surface area contributed by atoms with Crippen LogP contribution in [0.2, 0.25) is 5.02 Å². The molecule has 3 fully saturated rings. The lowest BCUT2D eigenvalue weighted by atomic mass is 9.94. The molecule has 9 nitrogen and oxygen atoms in total. The Morgan fingerprint density at radius 3 is 2.67 bits per heavy atom. The van der Waals surface area contributed by atoms with Crippen LogP contribution in [-0.4, -0.2) is 91.2 Å². The summed E-state index contributed by atoms with van der Waals surface area (Å²) >= 11 is 6.70. The molecule has 2 aromatic carbocycles. The van der Waals surface area contributed by atoms with Gasteiger partial charge < -0.3 is 29.5 Å². The second kappa shape index (κ2) is 13.1. The smallest absolute Gasteiger partial charge is 0.318 e. The second-order valence-electron chi connectivity index (χ2n) is 13.3. The van der Waals surface area contributed by atoms with Crippen LogP contribution >= 0.6 is 11.6 Å². The minimum absolute atomic E-state index is 0.160. The molecule has 4 heterocycles. The molecule has 0 spiro atoms. The van der Waals surface area contributed by atoms with Gasteiger partial charge in [0.1, 0.15) is 5.82 Å². The number of hydrogen-bond donors (Lipinski definition) is 1. The van der Waals surface area contributed by atoms with E-state index in [0.29, 0.717) is 56.8 Å². The Kier molecular flexibility index (Phi) is 8.89. The molecule has 1 saturated carbocycles. The van der Waals surface area contributed by atoms with Crippen LogP contribution in [-0.2, 0) is 22.6 Å². The summed E-state index contributed by atoms with van der Waals surface area (Å²) in [4.78, 5) is 28.9. The Labute approximate surface area is 274 Å². The highest BCUT2D eigenvalue weighted by Crippen LogP contribution is 2.47. The molecule has 3 aliphatic heterocycles. The zero-order valence-electron chi connectivity index (χ0n) is 26.4. The van der Waals surface area contributed by atoms with E-state index in [1.165, 1.54) is 25.9 Å². The van der Waals surface area contributed by atoms with Gasteiger partial charge in [-0.15, -0.1) is 0 Å². The van der Waals surface area contributed by atoms with Crippen molar-refractivity contribution < 1.29 is 18.7 Å². The van der Waals surface area contributed by atoms with Gasteiger partial charge in [-0.3, -0.25) is 4.79 Å². The van der Waals surface area contributed by atoms with Gasteiger partial charge in [0.25, 0.3) is 5.91 Å². The zero-order chi connectivity index (χ0) is 31.8. The molecule has 1 N–H and O–H groups in total. The molecule has 1 amide bonds. The third-order valence-corrected chi connectivity index (χ3v) is 10.3. The molecule has 46 heavy (non-hydrogen) atoms. The summed E-state index contributed by atoms with van der Waals surface area (Å²) < 4.78 is 26.9. The highest BCUT2D eigenvalue weighted by Gasteiger charge is 2.45. The number of ether oxygens (including phenoxy) is 2. The van der Waals surface area contributed by atoms with Crippen molar-refractivity contribution in [3.8, 4) is 6.01 Å². The highest BCUT2D eigenvalue weighted by atomic mass is 35.5. The third kappa shape index (κ3) is 6.32. The summed E-state index contributed by atoms with van der Waals surface area (Å²) in [5, 5.41) is 5.91. The first-order chi connectivity index (χ1) is 22.3. The quantitative estimate of drug-likeness (QED) is 0.305. The van der Waals surface area contributed by atoms with Crippen LogP contribution < -0.4 is 15.0 Å². The molecule has 244 valence electrons. The first-order valence-corrected chi connectivity index (χ1v) is 16.8.